The van der Waals surface area contributed by atoms with Crippen LogP contribution in [0, 0.1) is 6.92 Å². The number of benzene rings is 2. The zero-order valence-corrected chi connectivity index (χ0v) is 15.4. The number of rotatable bonds is 4. The number of likely N-dealkylation sites (tertiary alicyclic amines) is 1. The summed E-state index contributed by atoms with van der Waals surface area (Å²) in [4.78, 5) is 15.2. The van der Waals surface area contributed by atoms with Crippen molar-refractivity contribution in [1.29, 1.82) is 0 Å². The molecule has 1 aliphatic carbocycles. The maximum Gasteiger partial charge on any atom is 0.185 e. The molecule has 2 aromatic rings. The highest BCUT2D eigenvalue weighted by Gasteiger charge is 2.23. The smallest absolute Gasteiger partial charge is 0.185 e. The van der Waals surface area contributed by atoms with Gasteiger partial charge in [0.05, 0.1) is 0 Å². The molecule has 0 atom stereocenters. The van der Waals surface area contributed by atoms with E-state index in [2.05, 4.69) is 35.2 Å². The fourth-order valence-corrected chi connectivity index (χ4v) is 4.10. The summed E-state index contributed by atoms with van der Waals surface area (Å²) in [5.74, 6) is 0.0741. The maximum absolute atomic E-state index is 12.7. The predicted octanol–water partition coefficient (Wildman–Crippen LogP) is 5.19. The Hall–Kier alpha value is -2.61. The van der Waals surface area contributed by atoms with E-state index in [0.717, 1.165) is 37.1 Å². The topological polar surface area (TPSA) is 20.3 Å². The minimum Gasteiger partial charge on any atom is -0.374 e. The number of allylic oxidation sites excluding steroid dienone is 4. The molecule has 2 nitrogen and oxygen atoms in total. The number of hydrogen-bond donors (Lipinski definition) is 0. The number of nitrogens with zero attached hydrogens (tertiary/aromatic N) is 1. The maximum atomic E-state index is 12.7. The number of hydrogen-bond acceptors (Lipinski definition) is 2. The molecule has 0 N–H and O–H groups in total. The molecule has 1 heterocycles. The molecule has 0 bridgehead atoms. The second-order valence-corrected chi connectivity index (χ2v) is 7.28. The van der Waals surface area contributed by atoms with Crippen LogP contribution in [0.3, 0.4) is 0 Å². The Balaban J connectivity index is 1.70. The van der Waals surface area contributed by atoms with E-state index in [-0.39, 0.29) is 5.78 Å². The molecule has 0 aromatic heterocycles. The normalized spacial score (nSPS) is 17.0. The molecule has 2 aromatic carbocycles. The Morgan fingerprint density at radius 1 is 1.00 bits per heavy atom. The van der Waals surface area contributed by atoms with E-state index in [4.69, 9.17) is 0 Å². The zero-order chi connectivity index (χ0) is 17.9. The lowest BCUT2D eigenvalue weighted by Crippen LogP contribution is -2.22. The molecule has 1 fully saturated rings. The van der Waals surface area contributed by atoms with Crippen LogP contribution in [-0.4, -0.2) is 23.8 Å². The zero-order valence-electron chi connectivity index (χ0n) is 15.4. The van der Waals surface area contributed by atoms with Gasteiger partial charge in [0.2, 0.25) is 0 Å². The Kier molecular flexibility index (Phi) is 4.75. The van der Waals surface area contributed by atoms with E-state index in [1.54, 1.807) is 6.08 Å². The summed E-state index contributed by atoms with van der Waals surface area (Å²) >= 11 is 0. The van der Waals surface area contributed by atoms with Gasteiger partial charge in [-0.2, -0.15) is 0 Å². The van der Waals surface area contributed by atoms with Gasteiger partial charge in [0.15, 0.2) is 5.78 Å². The van der Waals surface area contributed by atoms with Crippen molar-refractivity contribution < 1.29 is 4.79 Å². The fraction of sp³-hybridized carbons (Fsp3) is 0.292. The monoisotopic (exact) mass is 343 g/mol. The lowest BCUT2D eigenvalue weighted by molar-refractivity contribution is 0.104. The third kappa shape index (κ3) is 3.37. The van der Waals surface area contributed by atoms with Crippen molar-refractivity contribution >= 4 is 11.4 Å². The fourth-order valence-electron chi connectivity index (χ4n) is 4.10. The molecule has 4 rings (SSSR count). The Morgan fingerprint density at radius 2 is 1.81 bits per heavy atom. The third-order valence-electron chi connectivity index (χ3n) is 5.44. The van der Waals surface area contributed by atoms with Crippen LogP contribution in [0.4, 0.5) is 0 Å². The molecule has 2 aliphatic rings. The highest BCUT2D eigenvalue weighted by Crippen LogP contribution is 2.35. The molecule has 0 amide bonds. The summed E-state index contributed by atoms with van der Waals surface area (Å²) in [6, 6.07) is 16.4. The van der Waals surface area contributed by atoms with Crippen LogP contribution in [0.1, 0.15) is 46.3 Å². The van der Waals surface area contributed by atoms with Crippen molar-refractivity contribution in [2.45, 2.75) is 32.6 Å². The standard InChI is InChI=1S/C24H25NO/c1-18-7-6-9-20(17-18)24(26)14-12-22-21-10-3-2-8-19(21)11-13-23(22)25-15-4-5-16-25/h2-3,6-10,12,14,17H,4-5,11,13,15-16H2,1H3. The quantitative estimate of drug-likeness (QED) is 0.563. The van der Waals surface area contributed by atoms with Crippen LogP contribution >= 0.6 is 0 Å². The first-order valence-corrected chi connectivity index (χ1v) is 9.58. The largest absolute Gasteiger partial charge is 0.374 e. The summed E-state index contributed by atoms with van der Waals surface area (Å²) in [6.45, 7) is 4.30. The van der Waals surface area contributed by atoms with E-state index >= 15 is 0 Å². The van der Waals surface area contributed by atoms with Gasteiger partial charge in [0.1, 0.15) is 0 Å². The van der Waals surface area contributed by atoms with E-state index < -0.39 is 0 Å². The Bertz CT molecular complexity index is 885. The van der Waals surface area contributed by atoms with Crippen molar-refractivity contribution in [1.82, 2.24) is 4.90 Å². The molecule has 132 valence electrons. The SMILES string of the molecule is Cc1cccc(C(=O)C=CC2=C(N3CCCC3)CCc3ccccc32)c1. The van der Waals surface area contributed by atoms with Crippen molar-refractivity contribution in [3.05, 3.63) is 88.6 Å². The first-order chi connectivity index (χ1) is 12.7. The lowest BCUT2D eigenvalue weighted by Gasteiger charge is -2.29. The molecule has 2 heteroatoms. The molecule has 1 aliphatic heterocycles. The third-order valence-corrected chi connectivity index (χ3v) is 5.44. The summed E-state index contributed by atoms with van der Waals surface area (Å²) in [5, 5.41) is 0. The van der Waals surface area contributed by atoms with Gasteiger partial charge in [-0.3, -0.25) is 4.79 Å². The van der Waals surface area contributed by atoms with Gasteiger partial charge in [-0.25, -0.2) is 0 Å². The number of carbonyl (C=O) groups excluding carboxylic acids is 1. The van der Waals surface area contributed by atoms with Gasteiger partial charge >= 0.3 is 0 Å². The average Bonchev–Trinajstić information content (AvgIpc) is 3.20. The molecular weight excluding hydrogens is 318 g/mol. The first-order valence-electron chi connectivity index (χ1n) is 9.58. The van der Waals surface area contributed by atoms with Crippen molar-refractivity contribution in [3.8, 4) is 0 Å². The lowest BCUT2D eigenvalue weighted by atomic mass is 9.87. The van der Waals surface area contributed by atoms with Crippen LogP contribution in [-0.2, 0) is 6.42 Å². The molecule has 0 spiro atoms. The van der Waals surface area contributed by atoms with E-state index in [1.807, 2.05) is 31.2 Å². The summed E-state index contributed by atoms with van der Waals surface area (Å²) in [6.07, 6.45) is 8.49. The van der Waals surface area contributed by atoms with Crippen LogP contribution in [0.5, 0.6) is 0 Å². The minimum absolute atomic E-state index is 0.0741. The van der Waals surface area contributed by atoms with Crippen molar-refractivity contribution in [2.75, 3.05) is 13.1 Å². The summed E-state index contributed by atoms with van der Waals surface area (Å²) < 4.78 is 0. The van der Waals surface area contributed by atoms with E-state index in [1.165, 1.54) is 35.2 Å². The van der Waals surface area contributed by atoms with Crippen LogP contribution < -0.4 is 0 Å². The Labute approximate surface area is 155 Å². The molecular formula is C24H25NO. The van der Waals surface area contributed by atoms with Crippen LogP contribution in [0.2, 0.25) is 0 Å². The van der Waals surface area contributed by atoms with Crippen LogP contribution in [0.25, 0.3) is 5.57 Å². The molecule has 0 radical (unpaired) electrons. The van der Waals surface area contributed by atoms with E-state index in [0.29, 0.717) is 0 Å². The van der Waals surface area contributed by atoms with Gasteiger partial charge < -0.3 is 4.90 Å². The highest BCUT2D eigenvalue weighted by molar-refractivity contribution is 6.06. The number of fused-ring (bicyclic) bond motifs is 1. The van der Waals surface area contributed by atoms with Gasteiger partial charge in [0, 0.05) is 29.9 Å². The van der Waals surface area contributed by atoms with Gasteiger partial charge in [-0.15, -0.1) is 0 Å². The van der Waals surface area contributed by atoms with E-state index in [9.17, 15) is 4.79 Å². The summed E-state index contributed by atoms with van der Waals surface area (Å²) in [5.41, 5.74) is 7.19. The molecule has 0 unspecified atom stereocenters. The molecule has 26 heavy (non-hydrogen) atoms. The van der Waals surface area contributed by atoms with Gasteiger partial charge in [-0.05, 0) is 62.0 Å². The average molecular weight is 343 g/mol. The molecule has 0 saturated carbocycles. The number of aryl methyl sites for hydroxylation is 2. The summed E-state index contributed by atoms with van der Waals surface area (Å²) in [7, 11) is 0. The molecule has 1 saturated heterocycles. The van der Waals surface area contributed by atoms with Gasteiger partial charge in [-0.1, -0.05) is 48.0 Å². The second-order valence-electron chi connectivity index (χ2n) is 7.28. The first kappa shape index (κ1) is 16.8. The van der Waals surface area contributed by atoms with Crippen molar-refractivity contribution in [2.24, 2.45) is 0 Å². The highest BCUT2D eigenvalue weighted by atomic mass is 16.1. The van der Waals surface area contributed by atoms with Gasteiger partial charge in [0.25, 0.3) is 0 Å². The van der Waals surface area contributed by atoms with Crippen LogP contribution in [0.15, 0.2) is 66.4 Å². The number of ketones is 1. The number of carbonyl (C=O) groups is 1. The predicted molar refractivity (Wildman–Crippen MR) is 107 cm³/mol. The Morgan fingerprint density at radius 3 is 2.62 bits per heavy atom. The van der Waals surface area contributed by atoms with Crippen molar-refractivity contribution in [3.63, 3.8) is 0 Å². The minimum atomic E-state index is 0.0741. The second kappa shape index (κ2) is 7.33.